The maximum atomic E-state index is 11.7. The fourth-order valence-electron chi connectivity index (χ4n) is 2.15. The van der Waals surface area contributed by atoms with Crippen LogP contribution in [0.3, 0.4) is 0 Å². The summed E-state index contributed by atoms with van der Waals surface area (Å²) in [6, 6.07) is 0.465. The monoisotopic (exact) mass is 209 g/mol. The Bertz CT molecular complexity index is 258. The molecule has 0 saturated heterocycles. The highest BCUT2D eigenvalue weighted by Crippen LogP contribution is 2.26. The third kappa shape index (κ3) is 2.81. The Kier molecular flexibility index (Phi) is 3.41. The van der Waals surface area contributed by atoms with Gasteiger partial charge >= 0.3 is 5.97 Å². The first-order chi connectivity index (χ1) is 7.31. The Morgan fingerprint density at radius 1 is 1.40 bits per heavy atom. The van der Waals surface area contributed by atoms with Crippen molar-refractivity contribution in [2.45, 2.75) is 44.2 Å². The fourth-order valence-corrected chi connectivity index (χ4v) is 2.15. The van der Waals surface area contributed by atoms with Crippen LogP contribution in [0.1, 0.15) is 32.1 Å². The zero-order valence-electron chi connectivity index (χ0n) is 9.24. The molecule has 1 fully saturated rings. The summed E-state index contributed by atoms with van der Waals surface area (Å²) in [4.78, 5) is 11.7. The standard InChI is InChI=1S/C12H19NO2/c1-15-12(14)11(13-10-7-8-10)9-5-3-2-4-6-9/h2-3,9-11,13H,4-8H2,1H3. The van der Waals surface area contributed by atoms with Crippen LogP contribution in [0.5, 0.6) is 0 Å². The Morgan fingerprint density at radius 2 is 2.20 bits per heavy atom. The molecule has 2 atom stereocenters. The number of ether oxygens (including phenoxy) is 1. The van der Waals surface area contributed by atoms with E-state index in [9.17, 15) is 4.79 Å². The lowest BCUT2D eigenvalue weighted by atomic mass is 9.87. The average Bonchev–Trinajstić information content (AvgIpc) is 3.10. The highest BCUT2D eigenvalue weighted by atomic mass is 16.5. The van der Waals surface area contributed by atoms with Crippen molar-refractivity contribution in [3.63, 3.8) is 0 Å². The number of hydrogen-bond donors (Lipinski definition) is 1. The van der Waals surface area contributed by atoms with E-state index < -0.39 is 0 Å². The van der Waals surface area contributed by atoms with Crippen molar-refractivity contribution < 1.29 is 9.53 Å². The minimum Gasteiger partial charge on any atom is -0.468 e. The van der Waals surface area contributed by atoms with E-state index in [0.29, 0.717) is 12.0 Å². The third-order valence-electron chi connectivity index (χ3n) is 3.23. The molecule has 1 N–H and O–H groups in total. The van der Waals surface area contributed by atoms with E-state index in [1.54, 1.807) is 0 Å². The summed E-state index contributed by atoms with van der Waals surface area (Å²) in [5.74, 6) is 0.324. The summed E-state index contributed by atoms with van der Waals surface area (Å²) in [6.45, 7) is 0. The predicted octanol–water partition coefficient (Wildman–Crippen LogP) is 1.64. The smallest absolute Gasteiger partial charge is 0.323 e. The van der Waals surface area contributed by atoms with Crippen molar-refractivity contribution in [1.82, 2.24) is 5.32 Å². The number of carbonyl (C=O) groups excluding carboxylic acids is 1. The fraction of sp³-hybridized carbons (Fsp3) is 0.750. The predicted molar refractivity (Wildman–Crippen MR) is 58.4 cm³/mol. The molecule has 0 radical (unpaired) electrons. The Labute approximate surface area is 90.9 Å². The van der Waals surface area contributed by atoms with E-state index in [4.69, 9.17) is 4.74 Å². The molecule has 1 saturated carbocycles. The quantitative estimate of drug-likeness (QED) is 0.565. The van der Waals surface area contributed by atoms with Crippen LogP contribution in [0.4, 0.5) is 0 Å². The second-order valence-corrected chi connectivity index (χ2v) is 4.49. The van der Waals surface area contributed by atoms with Crippen LogP contribution in [0.2, 0.25) is 0 Å². The van der Waals surface area contributed by atoms with Gasteiger partial charge in [-0.25, -0.2) is 0 Å². The summed E-state index contributed by atoms with van der Waals surface area (Å²) in [7, 11) is 1.47. The van der Waals surface area contributed by atoms with Gasteiger partial charge in [0.05, 0.1) is 7.11 Å². The van der Waals surface area contributed by atoms with Gasteiger partial charge < -0.3 is 10.1 Å². The molecule has 2 unspecified atom stereocenters. The molecule has 0 spiro atoms. The van der Waals surface area contributed by atoms with Gasteiger partial charge in [-0.05, 0) is 38.0 Å². The van der Waals surface area contributed by atoms with Crippen LogP contribution in [0.15, 0.2) is 12.2 Å². The van der Waals surface area contributed by atoms with Gasteiger partial charge in [0, 0.05) is 6.04 Å². The Balaban J connectivity index is 1.95. The molecule has 0 heterocycles. The molecule has 0 bridgehead atoms. The first kappa shape index (κ1) is 10.7. The van der Waals surface area contributed by atoms with Gasteiger partial charge in [0.2, 0.25) is 0 Å². The maximum Gasteiger partial charge on any atom is 0.323 e. The van der Waals surface area contributed by atoms with Crippen molar-refractivity contribution >= 4 is 5.97 Å². The SMILES string of the molecule is COC(=O)C(NC1CC1)C1CC=CCC1. The van der Waals surface area contributed by atoms with Gasteiger partial charge in [0.1, 0.15) is 6.04 Å². The first-order valence-electron chi connectivity index (χ1n) is 5.80. The molecule has 0 amide bonds. The first-order valence-corrected chi connectivity index (χ1v) is 5.80. The van der Waals surface area contributed by atoms with E-state index in [2.05, 4.69) is 17.5 Å². The minimum atomic E-state index is -0.0952. The van der Waals surface area contributed by atoms with E-state index >= 15 is 0 Å². The third-order valence-corrected chi connectivity index (χ3v) is 3.23. The number of allylic oxidation sites excluding steroid dienone is 2. The summed E-state index contributed by atoms with van der Waals surface area (Å²) < 4.78 is 4.87. The van der Waals surface area contributed by atoms with Crippen LogP contribution in [-0.4, -0.2) is 25.2 Å². The molecular formula is C12H19NO2. The Hall–Kier alpha value is -0.830. The molecular weight excluding hydrogens is 190 g/mol. The zero-order valence-corrected chi connectivity index (χ0v) is 9.24. The summed E-state index contributed by atoms with van der Waals surface area (Å²) >= 11 is 0. The van der Waals surface area contributed by atoms with Gasteiger partial charge in [0.25, 0.3) is 0 Å². The highest BCUT2D eigenvalue weighted by molar-refractivity contribution is 5.76. The van der Waals surface area contributed by atoms with Crippen LogP contribution in [0, 0.1) is 5.92 Å². The average molecular weight is 209 g/mol. The lowest BCUT2D eigenvalue weighted by Gasteiger charge is -2.26. The molecule has 0 aliphatic heterocycles. The maximum absolute atomic E-state index is 11.7. The molecule has 3 nitrogen and oxygen atoms in total. The Morgan fingerprint density at radius 3 is 2.73 bits per heavy atom. The van der Waals surface area contributed by atoms with Gasteiger partial charge in [-0.2, -0.15) is 0 Å². The lowest BCUT2D eigenvalue weighted by Crippen LogP contribution is -2.45. The van der Waals surface area contributed by atoms with Crippen molar-refractivity contribution in [2.24, 2.45) is 5.92 Å². The van der Waals surface area contributed by atoms with Crippen molar-refractivity contribution in [1.29, 1.82) is 0 Å². The molecule has 0 aromatic heterocycles. The normalized spacial score (nSPS) is 27.4. The number of methoxy groups -OCH3 is 1. The molecule has 2 rings (SSSR count). The van der Waals surface area contributed by atoms with Crippen molar-refractivity contribution in [3.8, 4) is 0 Å². The zero-order chi connectivity index (χ0) is 10.7. The molecule has 84 valence electrons. The van der Waals surface area contributed by atoms with Gasteiger partial charge in [0.15, 0.2) is 0 Å². The molecule has 2 aliphatic carbocycles. The van der Waals surface area contributed by atoms with Gasteiger partial charge in [-0.1, -0.05) is 12.2 Å². The number of carbonyl (C=O) groups is 1. The van der Waals surface area contributed by atoms with E-state index in [-0.39, 0.29) is 12.0 Å². The number of nitrogens with one attached hydrogen (secondary N) is 1. The van der Waals surface area contributed by atoms with E-state index in [1.165, 1.54) is 20.0 Å². The summed E-state index contributed by atoms with van der Waals surface area (Å²) in [5.41, 5.74) is 0. The van der Waals surface area contributed by atoms with E-state index in [0.717, 1.165) is 19.3 Å². The minimum absolute atomic E-state index is 0.0903. The molecule has 0 aromatic rings. The second kappa shape index (κ2) is 4.79. The molecule has 0 aromatic carbocycles. The van der Waals surface area contributed by atoms with E-state index in [1.807, 2.05) is 0 Å². The van der Waals surface area contributed by atoms with Crippen molar-refractivity contribution in [2.75, 3.05) is 7.11 Å². The number of hydrogen-bond acceptors (Lipinski definition) is 3. The van der Waals surface area contributed by atoms with Crippen LogP contribution in [0.25, 0.3) is 0 Å². The molecule has 15 heavy (non-hydrogen) atoms. The molecule has 2 aliphatic rings. The van der Waals surface area contributed by atoms with Crippen LogP contribution < -0.4 is 5.32 Å². The van der Waals surface area contributed by atoms with Crippen LogP contribution >= 0.6 is 0 Å². The second-order valence-electron chi connectivity index (χ2n) is 4.49. The molecule has 3 heteroatoms. The lowest BCUT2D eigenvalue weighted by molar-refractivity contribution is -0.144. The van der Waals surface area contributed by atoms with Gasteiger partial charge in [-0.3, -0.25) is 4.79 Å². The summed E-state index contributed by atoms with van der Waals surface area (Å²) in [5, 5.41) is 3.40. The topological polar surface area (TPSA) is 38.3 Å². The number of rotatable bonds is 4. The largest absolute Gasteiger partial charge is 0.468 e. The highest BCUT2D eigenvalue weighted by Gasteiger charge is 2.34. The van der Waals surface area contributed by atoms with Crippen LogP contribution in [-0.2, 0) is 9.53 Å². The summed E-state index contributed by atoms with van der Waals surface area (Å²) in [6.07, 6.45) is 9.97. The number of esters is 1. The van der Waals surface area contributed by atoms with Gasteiger partial charge in [-0.15, -0.1) is 0 Å². The van der Waals surface area contributed by atoms with Crippen molar-refractivity contribution in [3.05, 3.63) is 12.2 Å².